The van der Waals surface area contributed by atoms with Crippen molar-refractivity contribution < 1.29 is 14.4 Å². The number of nitrogens with two attached hydrogens (primary N) is 3. The summed E-state index contributed by atoms with van der Waals surface area (Å²) >= 11 is 0. The smallest absolute Gasteiger partial charge is 0.328 e. The number of imide groups is 2. The number of rotatable bonds is 0. The topological polar surface area (TPSA) is 179 Å². The fourth-order valence-corrected chi connectivity index (χ4v) is 1.02. The molecule has 0 spiro atoms. The molecule has 1 saturated heterocycles. The first-order valence-electron chi connectivity index (χ1n) is 4.66. The van der Waals surface area contributed by atoms with E-state index in [9.17, 15) is 14.4 Å². The molecule has 1 aliphatic rings. The normalized spacial score (nSPS) is 14.1. The Bertz CT molecular complexity index is 406. The molecule has 1 aromatic heterocycles. The van der Waals surface area contributed by atoms with Crippen LogP contribution in [0, 0.1) is 0 Å². The Morgan fingerprint density at radius 3 is 1.72 bits per heavy atom. The van der Waals surface area contributed by atoms with Gasteiger partial charge in [0.05, 0.1) is 0 Å². The highest BCUT2D eigenvalue weighted by molar-refractivity contribution is 6.14. The van der Waals surface area contributed by atoms with Crippen LogP contribution in [-0.2, 0) is 9.59 Å². The Labute approximate surface area is 101 Å². The summed E-state index contributed by atoms with van der Waals surface area (Å²) in [5.41, 5.74) is 15.7. The predicted molar refractivity (Wildman–Crippen MR) is 61.6 cm³/mol. The third kappa shape index (κ3) is 4.30. The zero-order valence-electron chi connectivity index (χ0n) is 9.14. The maximum atomic E-state index is 10.3. The third-order valence-corrected chi connectivity index (χ3v) is 1.61. The van der Waals surface area contributed by atoms with Crippen molar-refractivity contribution in [3.63, 3.8) is 0 Å². The van der Waals surface area contributed by atoms with Crippen LogP contribution in [0.2, 0.25) is 0 Å². The van der Waals surface area contributed by atoms with Gasteiger partial charge in [0.2, 0.25) is 17.8 Å². The molecule has 0 atom stereocenters. The highest BCUT2D eigenvalue weighted by atomic mass is 16.2. The Hall–Kier alpha value is -2.91. The number of hydrogen-bond donors (Lipinski definition) is 5. The Kier molecular flexibility index (Phi) is 3.97. The maximum absolute atomic E-state index is 10.3. The van der Waals surface area contributed by atoms with Gasteiger partial charge in [-0.05, 0) is 0 Å². The van der Waals surface area contributed by atoms with E-state index >= 15 is 0 Å². The standard InChI is InChI=1S/C4H7N5.C4H4N2O3/c5-2-1-3(6)9-4(7)8-2;7-2-1-3(8)6-4(9)5-2/h1H,(H6,5,6,7,8,9);1H2,(H2,5,6,7,8,9). The number of nitrogen functional groups attached to an aromatic ring is 3. The van der Waals surface area contributed by atoms with E-state index in [0.29, 0.717) is 11.6 Å². The van der Waals surface area contributed by atoms with E-state index in [1.54, 1.807) is 0 Å². The van der Waals surface area contributed by atoms with Crippen molar-refractivity contribution in [1.29, 1.82) is 0 Å². The van der Waals surface area contributed by atoms with E-state index in [0.717, 1.165) is 0 Å². The molecule has 4 amide bonds. The zero-order valence-corrected chi connectivity index (χ0v) is 9.14. The molecule has 0 aromatic carbocycles. The van der Waals surface area contributed by atoms with Crippen LogP contribution in [0.25, 0.3) is 0 Å². The summed E-state index contributed by atoms with van der Waals surface area (Å²) in [6, 6.07) is 0.701. The number of nitrogens with zero attached hydrogens (tertiary/aromatic N) is 2. The molecular formula is C8H11N7O3. The fraction of sp³-hybridized carbons (Fsp3) is 0.125. The van der Waals surface area contributed by atoms with Crippen LogP contribution in [0.3, 0.4) is 0 Å². The fourth-order valence-electron chi connectivity index (χ4n) is 1.02. The summed E-state index contributed by atoms with van der Waals surface area (Å²) in [4.78, 5) is 38.0. The molecular weight excluding hydrogens is 242 g/mol. The van der Waals surface area contributed by atoms with Gasteiger partial charge in [0.1, 0.15) is 18.1 Å². The first-order chi connectivity index (χ1) is 8.36. The molecule has 0 bridgehead atoms. The summed E-state index contributed by atoms with van der Waals surface area (Å²) < 4.78 is 0. The van der Waals surface area contributed by atoms with Crippen molar-refractivity contribution >= 4 is 35.4 Å². The molecule has 10 nitrogen and oxygen atoms in total. The second-order valence-corrected chi connectivity index (χ2v) is 3.18. The highest BCUT2D eigenvalue weighted by Gasteiger charge is 2.20. The maximum Gasteiger partial charge on any atom is 0.328 e. The van der Waals surface area contributed by atoms with Crippen molar-refractivity contribution in [3.05, 3.63) is 6.07 Å². The van der Waals surface area contributed by atoms with E-state index in [1.807, 2.05) is 10.6 Å². The molecule has 10 heteroatoms. The summed E-state index contributed by atoms with van der Waals surface area (Å²) in [7, 11) is 0. The lowest BCUT2D eigenvalue weighted by atomic mass is 10.3. The number of carbonyl (C=O) groups is 3. The number of anilines is 3. The minimum atomic E-state index is -0.740. The molecule has 18 heavy (non-hydrogen) atoms. The van der Waals surface area contributed by atoms with E-state index in [2.05, 4.69) is 9.97 Å². The average molecular weight is 253 g/mol. The second-order valence-electron chi connectivity index (χ2n) is 3.18. The van der Waals surface area contributed by atoms with Gasteiger partial charge in [-0.15, -0.1) is 0 Å². The molecule has 1 aromatic rings. The monoisotopic (exact) mass is 253 g/mol. The summed E-state index contributed by atoms with van der Waals surface area (Å²) in [5.74, 6) is -0.417. The minimum Gasteiger partial charge on any atom is -0.383 e. The summed E-state index contributed by atoms with van der Waals surface area (Å²) in [5, 5.41) is 3.80. The van der Waals surface area contributed by atoms with Crippen LogP contribution in [0.5, 0.6) is 0 Å². The lowest BCUT2D eigenvalue weighted by Gasteiger charge is -2.09. The molecule has 0 saturated carbocycles. The third-order valence-electron chi connectivity index (χ3n) is 1.61. The van der Waals surface area contributed by atoms with E-state index in [4.69, 9.17) is 17.2 Å². The summed E-state index contributed by atoms with van der Waals surface area (Å²) in [6.45, 7) is 0. The highest BCUT2D eigenvalue weighted by Crippen LogP contribution is 2.03. The van der Waals surface area contributed by atoms with Crippen molar-refractivity contribution in [1.82, 2.24) is 20.6 Å². The Morgan fingerprint density at radius 1 is 0.944 bits per heavy atom. The van der Waals surface area contributed by atoms with Crippen LogP contribution in [0.1, 0.15) is 6.42 Å². The molecule has 96 valence electrons. The first-order valence-corrected chi connectivity index (χ1v) is 4.66. The lowest BCUT2D eigenvalue weighted by Crippen LogP contribution is -2.49. The largest absolute Gasteiger partial charge is 0.383 e. The van der Waals surface area contributed by atoms with Gasteiger partial charge in [0, 0.05) is 6.07 Å². The van der Waals surface area contributed by atoms with E-state index in [1.165, 1.54) is 6.07 Å². The summed E-state index contributed by atoms with van der Waals surface area (Å²) in [6.07, 6.45) is -0.258. The van der Waals surface area contributed by atoms with Crippen molar-refractivity contribution in [2.75, 3.05) is 17.2 Å². The predicted octanol–water partition coefficient (Wildman–Crippen LogP) is -2.03. The molecule has 1 fully saturated rings. The van der Waals surface area contributed by atoms with Crippen LogP contribution < -0.4 is 27.8 Å². The Balaban J connectivity index is 0.000000180. The van der Waals surface area contributed by atoms with Gasteiger partial charge >= 0.3 is 6.03 Å². The van der Waals surface area contributed by atoms with Crippen LogP contribution in [0.4, 0.5) is 22.4 Å². The number of hydrogen-bond acceptors (Lipinski definition) is 8. The number of urea groups is 1. The van der Waals surface area contributed by atoms with Crippen LogP contribution in [-0.4, -0.2) is 27.8 Å². The number of nitrogens with one attached hydrogen (secondary N) is 2. The zero-order chi connectivity index (χ0) is 13.7. The van der Waals surface area contributed by atoms with Gasteiger partial charge in [-0.3, -0.25) is 20.2 Å². The second kappa shape index (κ2) is 5.43. The van der Waals surface area contributed by atoms with E-state index < -0.39 is 17.8 Å². The van der Waals surface area contributed by atoms with Crippen molar-refractivity contribution in [2.45, 2.75) is 6.42 Å². The van der Waals surface area contributed by atoms with Crippen molar-refractivity contribution in [3.8, 4) is 0 Å². The quantitative estimate of drug-likeness (QED) is 0.328. The van der Waals surface area contributed by atoms with E-state index in [-0.39, 0.29) is 12.4 Å². The molecule has 2 rings (SSSR count). The van der Waals surface area contributed by atoms with Gasteiger partial charge < -0.3 is 17.2 Å². The first kappa shape index (κ1) is 13.2. The SMILES string of the molecule is Nc1cc(N)nc(N)n1.O=C1CC(=O)NC(=O)N1. The number of amides is 4. The van der Waals surface area contributed by atoms with Gasteiger partial charge in [-0.25, -0.2) is 4.79 Å². The number of barbiturate groups is 1. The van der Waals surface area contributed by atoms with Crippen LogP contribution >= 0.6 is 0 Å². The van der Waals surface area contributed by atoms with Crippen LogP contribution in [0.15, 0.2) is 6.07 Å². The number of carbonyl (C=O) groups excluding carboxylic acids is 3. The molecule has 0 aliphatic carbocycles. The molecule has 0 radical (unpaired) electrons. The lowest BCUT2D eigenvalue weighted by molar-refractivity contribution is -0.129. The van der Waals surface area contributed by atoms with Crippen molar-refractivity contribution in [2.24, 2.45) is 0 Å². The minimum absolute atomic E-state index is 0.104. The molecule has 8 N–H and O–H groups in total. The van der Waals surface area contributed by atoms with Gasteiger partial charge in [0.15, 0.2) is 0 Å². The molecule has 2 heterocycles. The Morgan fingerprint density at radius 2 is 1.39 bits per heavy atom. The van der Waals surface area contributed by atoms with Gasteiger partial charge in [-0.1, -0.05) is 0 Å². The molecule has 1 aliphatic heterocycles. The van der Waals surface area contributed by atoms with Gasteiger partial charge in [0.25, 0.3) is 0 Å². The average Bonchev–Trinajstić information content (AvgIpc) is 2.12. The number of aromatic nitrogens is 2. The molecule has 0 unspecified atom stereocenters. The van der Waals surface area contributed by atoms with Gasteiger partial charge in [-0.2, -0.15) is 9.97 Å².